The monoisotopic (exact) mass is 1530 g/mol. The van der Waals surface area contributed by atoms with E-state index in [1.54, 1.807) is 0 Å². The second-order valence-electron chi connectivity index (χ2n) is 30.5. The average Bonchev–Trinajstić information content (AvgIpc) is 1.57. The zero-order chi connectivity index (χ0) is 79.1. The Labute approximate surface area is 690 Å². The summed E-state index contributed by atoms with van der Waals surface area (Å²) in [4.78, 5) is 29.6. The van der Waals surface area contributed by atoms with E-state index in [2.05, 4.69) is 339 Å². The van der Waals surface area contributed by atoms with Gasteiger partial charge in [0.05, 0.1) is 67.4 Å². The maximum Gasteiger partial charge on any atom is 0.164 e. The third-order valence-electron chi connectivity index (χ3n) is 23.6. The molecule has 24 rings (SSSR count). The highest BCUT2D eigenvalue weighted by Crippen LogP contribution is 2.46. The summed E-state index contributed by atoms with van der Waals surface area (Å²) in [5.41, 5.74) is 26.2. The third kappa shape index (κ3) is 11.8. The highest BCUT2D eigenvalue weighted by Gasteiger charge is 2.24. The van der Waals surface area contributed by atoms with Gasteiger partial charge in [0.2, 0.25) is 0 Å². The molecule has 0 fully saturated rings. The highest BCUT2D eigenvalue weighted by atomic mass is 15.0. The van der Waals surface area contributed by atoms with Gasteiger partial charge < -0.3 is 18.3 Å². The van der Waals surface area contributed by atoms with Crippen LogP contribution in [0.4, 0.5) is 0 Å². The number of rotatable bonds is 12. The average molecular weight is 1530 g/mol. The fourth-order valence-corrected chi connectivity index (χ4v) is 18.1. The van der Waals surface area contributed by atoms with Gasteiger partial charge in [-0.3, -0.25) is 4.98 Å². The van der Waals surface area contributed by atoms with Crippen LogP contribution in [0.1, 0.15) is 0 Å². The molecule has 17 aromatic carbocycles. The van der Waals surface area contributed by atoms with Gasteiger partial charge in [-0.15, -0.1) is 0 Å². The topological polar surface area (TPSA) is 97.1 Å². The molecule has 10 heteroatoms. The number of hydrogen-bond acceptors (Lipinski definition) is 6. The minimum atomic E-state index is 0.635. The van der Waals surface area contributed by atoms with Gasteiger partial charge in [-0.25, -0.2) is 24.9 Å². The molecule has 0 radical (unpaired) electrons. The molecule has 7 heterocycles. The van der Waals surface area contributed by atoms with Gasteiger partial charge in [0.15, 0.2) is 23.3 Å². The maximum atomic E-state index is 5.09. The van der Waals surface area contributed by atoms with Gasteiger partial charge in [-0.2, -0.15) is 0 Å². The van der Waals surface area contributed by atoms with Crippen LogP contribution in [-0.4, -0.2) is 48.2 Å². The van der Waals surface area contributed by atoms with E-state index in [0.29, 0.717) is 23.3 Å². The van der Waals surface area contributed by atoms with E-state index >= 15 is 0 Å². The Morgan fingerprint density at radius 2 is 0.525 bits per heavy atom. The number of benzene rings is 17. The van der Waals surface area contributed by atoms with E-state index in [9.17, 15) is 0 Å². The number of nitrogens with zero attached hydrogens (tertiary/aromatic N) is 10. The lowest BCUT2D eigenvalue weighted by Gasteiger charge is -2.12. The van der Waals surface area contributed by atoms with Gasteiger partial charge >= 0.3 is 0 Å². The molecule has 0 aliphatic carbocycles. The zero-order valence-electron chi connectivity index (χ0n) is 64.9. The fourth-order valence-electron chi connectivity index (χ4n) is 18.1. The normalized spacial score (nSPS) is 11.7. The molecular weight excluding hydrogens is 1460 g/mol. The van der Waals surface area contributed by atoms with Crippen molar-refractivity contribution < 1.29 is 0 Å². The molecule has 0 unspecified atom stereocenters. The highest BCUT2D eigenvalue weighted by molar-refractivity contribution is 6.24. The predicted octanol–water partition coefficient (Wildman–Crippen LogP) is 27.8. The summed E-state index contributed by atoms with van der Waals surface area (Å²) in [6.45, 7) is 0. The van der Waals surface area contributed by atoms with E-state index in [-0.39, 0.29) is 0 Å². The first-order chi connectivity index (χ1) is 59.5. The molecule has 24 aromatic rings. The van der Waals surface area contributed by atoms with Crippen molar-refractivity contribution in [2.75, 3.05) is 0 Å². The third-order valence-corrected chi connectivity index (χ3v) is 23.6. The van der Waals surface area contributed by atoms with E-state index in [1.165, 1.54) is 92.5 Å². The van der Waals surface area contributed by atoms with E-state index in [0.717, 1.165) is 106 Å². The van der Waals surface area contributed by atoms with Gasteiger partial charge in [0.1, 0.15) is 0 Å². The first-order valence-corrected chi connectivity index (χ1v) is 40.5. The van der Waals surface area contributed by atoms with Crippen molar-refractivity contribution >= 4 is 109 Å². The zero-order valence-corrected chi connectivity index (χ0v) is 64.9. The summed E-state index contributed by atoms with van der Waals surface area (Å²) < 4.78 is 9.54. The van der Waals surface area contributed by atoms with Crippen LogP contribution in [0.15, 0.2) is 425 Å². The molecule has 0 aliphatic rings. The lowest BCUT2D eigenvalue weighted by atomic mass is 9.97. The predicted molar refractivity (Wildman–Crippen MR) is 496 cm³/mol. The molecule has 120 heavy (non-hydrogen) atoms. The Bertz CT molecular complexity index is 7990. The minimum Gasteiger partial charge on any atom is -0.309 e. The smallest absolute Gasteiger partial charge is 0.164 e. The molecule has 0 amide bonds. The van der Waals surface area contributed by atoms with Crippen molar-refractivity contribution in [3.8, 4) is 113 Å². The number of para-hydroxylation sites is 4. The van der Waals surface area contributed by atoms with E-state index in [1.807, 2.05) is 109 Å². The molecule has 560 valence electrons. The Kier molecular flexibility index (Phi) is 16.7. The van der Waals surface area contributed by atoms with Crippen molar-refractivity contribution in [2.45, 2.75) is 0 Å². The maximum absolute atomic E-state index is 5.09. The Morgan fingerprint density at radius 1 is 0.175 bits per heavy atom. The molecule has 0 saturated heterocycles. The van der Waals surface area contributed by atoms with Gasteiger partial charge in [0.25, 0.3) is 0 Å². The molecule has 0 N–H and O–H groups in total. The second kappa shape index (κ2) is 28.9. The van der Waals surface area contributed by atoms with Gasteiger partial charge in [0, 0.05) is 111 Å². The van der Waals surface area contributed by atoms with Crippen LogP contribution >= 0.6 is 0 Å². The van der Waals surface area contributed by atoms with Crippen molar-refractivity contribution in [3.05, 3.63) is 425 Å². The molecule has 10 nitrogen and oxygen atoms in total. The SMILES string of the molecule is c1ccc(-c2cc(-c3ccc(-n4c5ccccc5c5c(-c6ccc7c(c6)c6ccccc6n7-c6cncc7ccccc67)cccc54)cc3)nc(-c3ccccc3)n2)cc1.c1ccc(-c2nc(-c3ccccc3)nc(-c3ccc(-n4c5ccccc5c5c(-c6ccc7c(c6)c6c8ccccc8ccc6n7-c6ccccc6)cccc54)cc3)n2)cc1. The van der Waals surface area contributed by atoms with Crippen LogP contribution < -0.4 is 0 Å². The van der Waals surface area contributed by atoms with Crippen LogP contribution in [0.25, 0.3) is 222 Å². The van der Waals surface area contributed by atoms with Crippen LogP contribution in [0, 0.1) is 0 Å². The van der Waals surface area contributed by atoms with E-state index in [4.69, 9.17) is 24.9 Å². The Hall–Kier alpha value is -16.3. The van der Waals surface area contributed by atoms with Crippen molar-refractivity contribution in [1.82, 2.24) is 48.2 Å². The summed E-state index contributed by atoms with van der Waals surface area (Å²) in [5, 5.41) is 14.6. The van der Waals surface area contributed by atoms with Crippen LogP contribution in [0.2, 0.25) is 0 Å². The number of pyridine rings is 1. The number of fused-ring (bicyclic) bond motifs is 15. The lowest BCUT2D eigenvalue weighted by molar-refractivity contribution is 1.07. The summed E-state index contributed by atoms with van der Waals surface area (Å²) in [6.07, 6.45) is 3.93. The molecule has 0 saturated carbocycles. The summed E-state index contributed by atoms with van der Waals surface area (Å²) in [6, 6.07) is 146. The summed E-state index contributed by atoms with van der Waals surface area (Å²) >= 11 is 0. The van der Waals surface area contributed by atoms with Crippen molar-refractivity contribution in [1.29, 1.82) is 0 Å². The van der Waals surface area contributed by atoms with Crippen molar-refractivity contribution in [2.24, 2.45) is 0 Å². The number of aromatic nitrogens is 10. The number of hydrogen-bond donors (Lipinski definition) is 0. The first-order valence-electron chi connectivity index (χ1n) is 40.5. The molecule has 0 bridgehead atoms. The van der Waals surface area contributed by atoms with Gasteiger partial charge in [-0.05, 0) is 148 Å². The summed E-state index contributed by atoms with van der Waals surface area (Å²) in [7, 11) is 0. The largest absolute Gasteiger partial charge is 0.309 e. The van der Waals surface area contributed by atoms with Crippen LogP contribution in [0.3, 0.4) is 0 Å². The first kappa shape index (κ1) is 69.2. The quantitative estimate of drug-likeness (QED) is 0.121. The van der Waals surface area contributed by atoms with E-state index < -0.39 is 0 Å². The van der Waals surface area contributed by atoms with Crippen LogP contribution in [0.5, 0.6) is 0 Å². The second-order valence-corrected chi connectivity index (χ2v) is 30.5. The minimum absolute atomic E-state index is 0.635. The van der Waals surface area contributed by atoms with Gasteiger partial charge in [-0.1, -0.05) is 297 Å². The van der Waals surface area contributed by atoms with Crippen LogP contribution in [-0.2, 0) is 0 Å². The Morgan fingerprint density at radius 3 is 1.06 bits per heavy atom. The lowest BCUT2D eigenvalue weighted by Crippen LogP contribution is -2.00. The summed E-state index contributed by atoms with van der Waals surface area (Å²) in [5.74, 6) is 2.64. The molecular formula is C110H70N10. The molecule has 7 aromatic heterocycles. The standard InChI is InChI=1S/2C55H35N5/c1-4-16-37(17-5-1)53-56-54(38-18-6-2-7-19-38)58-55(57-53)39-27-31-42(32-28-39)60-47-25-13-12-23-45(47)51-44(24-14-26-49(51)60)40-30-33-48-46(35-40)52-43-22-11-10-15-36(43)29-34-50(52)59(48)41-20-8-3-9-21-41;1-3-14-36(15-4-1)47-33-48(58-55(57-47)38-16-5-2-6-17-38)37-26-29-41(30-27-37)59-50-24-12-10-21-45(50)54-43(22-13-25-52(54)59)39-28-31-51-46(32-39)44-20-9-11-23-49(44)60(51)53-35-56-34-40-18-7-8-19-42(40)53/h2*1-35H. The Balaban J connectivity index is 0.000000140. The fraction of sp³-hybridized carbons (Fsp3) is 0. The molecule has 0 aliphatic heterocycles. The molecule has 0 atom stereocenters. The molecule has 0 spiro atoms. The van der Waals surface area contributed by atoms with Crippen molar-refractivity contribution in [3.63, 3.8) is 0 Å².